The molecule has 2 N–H and O–H groups in total. The van der Waals surface area contributed by atoms with Gasteiger partial charge in [-0.1, -0.05) is 23.2 Å². The Morgan fingerprint density at radius 3 is 2.48 bits per heavy atom. The molecule has 0 aliphatic carbocycles. The Bertz CT molecular complexity index is 619. The second-order valence-electron chi connectivity index (χ2n) is 4.82. The summed E-state index contributed by atoms with van der Waals surface area (Å²) in [4.78, 5) is 11.0. The number of furan rings is 1. The second kappa shape index (κ2) is 6.98. The number of hydrogen-bond acceptors (Lipinski definition) is 3. The summed E-state index contributed by atoms with van der Waals surface area (Å²) < 4.78 is 5.34. The number of nitrogens with one attached hydrogen (secondary N) is 1. The summed E-state index contributed by atoms with van der Waals surface area (Å²) in [6.07, 6.45) is 1.58. The standard InChI is InChI=1S/C15H15Cl2NO3/c1-9-2-13(21-8-9)7-18-14(6-15(19)20)10-3-11(16)5-12(17)4-10/h2-5,8,14,18H,6-7H2,1H3,(H,19,20). The molecule has 112 valence electrons. The topological polar surface area (TPSA) is 62.5 Å². The van der Waals surface area contributed by atoms with Crippen LogP contribution in [-0.4, -0.2) is 11.1 Å². The summed E-state index contributed by atoms with van der Waals surface area (Å²) in [7, 11) is 0. The summed E-state index contributed by atoms with van der Waals surface area (Å²) in [6.45, 7) is 2.36. The van der Waals surface area contributed by atoms with Crippen LogP contribution in [0.25, 0.3) is 0 Å². The number of carboxylic acids is 1. The zero-order chi connectivity index (χ0) is 15.4. The van der Waals surface area contributed by atoms with Crippen LogP contribution in [0.2, 0.25) is 10.0 Å². The van der Waals surface area contributed by atoms with Gasteiger partial charge in [-0.15, -0.1) is 0 Å². The van der Waals surface area contributed by atoms with Crippen LogP contribution >= 0.6 is 23.2 Å². The highest BCUT2D eigenvalue weighted by atomic mass is 35.5. The third-order valence-corrected chi connectivity index (χ3v) is 3.41. The summed E-state index contributed by atoms with van der Waals surface area (Å²) in [5.41, 5.74) is 1.76. The average molecular weight is 328 g/mol. The van der Waals surface area contributed by atoms with Crippen molar-refractivity contribution in [1.82, 2.24) is 5.32 Å². The molecular weight excluding hydrogens is 313 g/mol. The molecule has 0 aliphatic heterocycles. The number of carbonyl (C=O) groups is 1. The molecule has 0 saturated heterocycles. The van der Waals surface area contributed by atoms with Gasteiger partial charge >= 0.3 is 5.97 Å². The Labute approximate surface area is 132 Å². The zero-order valence-electron chi connectivity index (χ0n) is 11.4. The fraction of sp³-hybridized carbons (Fsp3) is 0.267. The van der Waals surface area contributed by atoms with Crippen LogP contribution in [0.1, 0.15) is 29.3 Å². The van der Waals surface area contributed by atoms with Crippen LogP contribution < -0.4 is 5.32 Å². The first-order valence-electron chi connectivity index (χ1n) is 6.39. The van der Waals surface area contributed by atoms with Gasteiger partial charge in [0.25, 0.3) is 0 Å². The van der Waals surface area contributed by atoms with Crippen molar-refractivity contribution in [3.63, 3.8) is 0 Å². The normalized spacial score (nSPS) is 12.3. The molecule has 1 atom stereocenters. The van der Waals surface area contributed by atoms with E-state index >= 15 is 0 Å². The maximum Gasteiger partial charge on any atom is 0.305 e. The second-order valence-corrected chi connectivity index (χ2v) is 5.70. The SMILES string of the molecule is Cc1coc(CNC(CC(=O)O)c2cc(Cl)cc(Cl)c2)c1. The lowest BCUT2D eigenvalue weighted by molar-refractivity contribution is -0.137. The average Bonchev–Trinajstić information content (AvgIpc) is 2.78. The van der Waals surface area contributed by atoms with E-state index in [9.17, 15) is 4.79 Å². The van der Waals surface area contributed by atoms with Gasteiger partial charge in [0.05, 0.1) is 19.2 Å². The maximum absolute atomic E-state index is 11.0. The first-order chi connectivity index (χ1) is 9.94. The van der Waals surface area contributed by atoms with Crippen molar-refractivity contribution in [2.45, 2.75) is 25.9 Å². The molecule has 0 amide bonds. The third kappa shape index (κ3) is 4.77. The van der Waals surface area contributed by atoms with Crippen molar-refractivity contribution >= 4 is 29.2 Å². The molecule has 1 heterocycles. The fourth-order valence-corrected chi connectivity index (χ4v) is 2.61. The molecule has 21 heavy (non-hydrogen) atoms. The van der Waals surface area contributed by atoms with Crippen molar-refractivity contribution in [1.29, 1.82) is 0 Å². The quantitative estimate of drug-likeness (QED) is 0.834. The van der Waals surface area contributed by atoms with Crippen LogP contribution in [-0.2, 0) is 11.3 Å². The smallest absolute Gasteiger partial charge is 0.305 e. The van der Waals surface area contributed by atoms with Gasteiger partial charge in [0.1, 0.15) is 5.76 Å². The van der Waals surface area contributed by atoms with E-state index < -0.39 is 12.0 Å². The van der Waals surface area contributed by atoms with Gasteiger partial charge in [-0.25, -0.2) is 0 Å². The van der Waals surface area contributed by atoms with Crippen LogP contribution in [0, 0.1) is 6.92 Å². The first-order valence-corrected chi connectivity index (χ1v) is 7.15. The molecule has 4 nitrogen and oxygen atoms in total. The summed E-state index contributed by atoms with van der Waals surface area (Å²) >= 11 is 11.9. The van der Waals surface area contributed by atoms with Gasteiger partial charge in [0, 0.05) is 16.1 Å². The largest absolute Gasteiger partial charge is 0.481 e. The summed E-state index contributed by atoms with van der Waals surface area (Å²) in [5, 5.41) is 13.2. The van der Waals surface area contributed by atoms with E-state index in [-0.39, 0.29) is 6.42 Å². The molecule has 0 radical (unpaired) electrons. The van der Waals surface area contributed by atoms with Crippen LogP contribution in [0.3, 0.4) is 0 Å². The van der Waals surface area contributed by atoms with Gasteiger partial charge < -0.3 is 14.8 Å². The lowest BCUT2D eigenvalue weighted by Gasteiger charge is -2.17. The van der Waals surface area contributed by atoms with E-state index in [0.717, 1.165) is 16.9 Å². The third-order valence-electron chi connectivity index (χ3n) is 2.97. The summed E-state index contributed by atoms with van der Waals surface area (Å²) in [6, 6.07) is 6.53. The van der Waals surface area contributed by atoms with Crippen molar-refractivity contribution < 1.29 is 14.3 Å². The molecule has 1 unspecified atom stereocenters. The predicted octanol–water partition coefficient (Wildman–Crippen LogP) is 4.20. The molecule has 1 aromatic heterocycles. The minimum atomic E-state index is -0.903. The van der Waals surface area contributed by atoms with Gasteiger partial charge in [-0.05, 0) is 42.3 Å². The fourth-order valence-electron chi connectivity index (χ4n) is 2.07. The van der Waals surface area contributed by atoms with Crippen LogP contribution in [0.5, 0.6) is 0 Å². The van der Waals surface area contributed by atoms with Crippen LogP contribution in [0.4, 0.5) is 0 Å². The number of hydrogen-bond donors (Lipinski definition) is 2. The molecule has 0 fully saturated rings. The van der Waals surface area contributed by atoms with Gasteiger partial charge in [0.2, 0.25) is 0 Å². The lowest BCUT2D eigenvalue weighted by atomic mass is 10.0. The highest BCUT2D eigenvalue weighted by Crippen LogP contribution is 2.26. The molecule has 0 spiro atoms. The molecule has 0 aliphatic rings. The van der Waals surface area contributed by atoms with E-state index in [1.165, 1.54) is 0 Å². The number of benzene rings is 1. The lowest BCUT2D eigenvalue weighted by Crippen LogP contribution is -2.23. The zero-order valence-corrected chi connectivity index (χ0v) is 12.9. The van der Waals surface area contributed by atoms with Gasteiger partial charge in [0.15, 0.2) is 0 Å². The molecular formula is C15H15Cl2NO3. The van der Waals surface area contributed by atoms with Crippen molar-refractivity contribution in [3.05, 3.63) is 57.5 Å². The number of aryl methyl sites for hydroxylation is 1. The Morgan fingerprint density at radius 1 is 1.29 bits per heavy atom. The highest BCUT2D eigenvalue weighted by molar-refractivity contribution is 6.34. The van der Waals surface area contributed by atoms with E-state index in [1.54, 1.807) is 24.5 Å². The molecule has 1 aromatic carbocycles. The Balaban J connectivity index is 2.15. The molecule has 2 rings (SSSR count). The van der Waals surface area contributed by atoms with E-state index in [4.69, 9.17) is 32.7 Å². The highest BCUT2D eigenvalue weighted by Gasteiger charge is 2.17. The van der Waals surface area contributed by atoms with E-state index in [2.05, 4.69) is 5.32 Å². The van der Waals surface area contributed by atoms with E-state index in [0.29, 0.717) is 16.6 Å². The maximum atomic E-state index is 11.0. The number of halogens is 2. The predicted molar refractivity (Wildman–Crippen MR) is 81.7 cm³/mol. The molecule has 2 aromatic rings. The Kier molecular flexibility index (Phi) is 5.28. The minimum absolute atomic E-state index is 0.0731. The Morgan fingerprint density at radius 2 is 1.95 bits per heavy atom. The number of rotatable bonds is 6. The van der Waals surface area contributed by atoms with E-state index in [1.807, 2.05) is 13.0 Å². The molecule has 6 heteroatoms. The van der Waals surface area contributed by atoms with Crippen molar-refractivity contribution in [2.24, 2.45) is 0 Å². The Hall–Kier alpha value is -1.49. The van der Waals surface area contributed by atoms with Gasteiger partial charge in [-0.2, -0.15) is 0 Å². The monoisotopic (exact) mass is 327 g/mol. The van der Waals surface area contributed by atoms with Crippen LogP contribution in [0.15, 0.2) is 34.9 Å². The molecule has 0 saturated carbocycles. The first kappa shape index (κ1) is 15.9. The van der Waals surface area contributed by atoms with Crippen molar-refractivity contribution in [3.8, 4) is 0 Å². The van der Waals surface area contributed by atoms with Crippen molar-refractivity contribution in [2.75, 3.05) is 0 Å². The number of carboxylic acid groups (broad SMARTS) is 1. The summed E-state index contributed by atoms with van der Waals surface area (Å²) in [5.74, 6) is -0.157. The van der Waals surface area contributed by atoms with Gasteiger partial charge in [-0.3, -0.25) is 4.79 Å². The molecule has 0 bridgehead atoms. The minimum Gasteiger partial charge on any atom is -0.481 e. The number of aliphatic carboxylic acids is 1.